The second-order valence-electron chi connectivity index (χ2n) is 6.22. The molecule has 2 rings (SSSR count). The Morgan fingerprint density at radius 2 is 2.00 bits per heavy atom. The van der Waals surface area contributed by atoms with E-state index in [9.17, 15) is 23.1 Å². The average molecular weight is 360 g/mol. The lowest BCUT2D eigenvalue weighted by atomic mass is 9.91. The molecule has 1 aliphatic rings. The van der Waals surface area contributed by atoms with Gasteiger partial charge in [0.05, 0.1) is 12.2 Å². The highest BCUT2D eigenvalue weighted by atomic mass is 19.4. The van der Waals surface area contributed by atoms with E-state index in [-0.39, 0.29) is 19.0 Å². The second kappa shape index (κ2) is 8.16. The molecule has 1 aromatic rings. The van der Waals surface area contributed by atoms with Gasteiger partial charge in [-0.2, -0.15) is 13.2 Å². The van der Waals surface area contributed by atoms with Gasteiger partial charge in [-0.1, -0.05) is 12.1 Å². The summed E-state index contributed by atoms with van der Waals surface area (Å²) in [6, 6.07) is 4.80. The molecule has 0 bridgehead atoms. The molecule has 140 valence electrons. The van der Waals surface area contributed by atoms with Crippen LogP contribution >= 0.6 is 0 Å². The van der Waals surface area contributed by atoms with Crippen LogP contribution in [0.25, 0.3) is 0 Å². The number of piperidine rings is 1. The number of benzene rings is 1. The molecule has 1 unspecified atom stereocenters. The lowest BCUT2D eigenvalue weighted by Crippen LogP contribution is -2.58. The molecule has 0 radical (unpaired) electrons. The van der Waals surface area contributed by atoms with Crippen molar-refractivity contribution in [1.82, 2.24) is 10.2 Å². The summed E-state index contributed by atoms with van der Waals surface area (Å²) in [5, 5.41) is 13.6. The Kier molecular flexibility index (Phi) is 6.42. The normalized spacial score (nSPS) is 21.6. The topological polar surface area (TPSA) is 61.8 Å². The van der Waals surface area contributed by atoms with E-state index >= 15 is 0 Å². The van der Waals surface area contributed by atoms with E-state index in [1.165, 1.54) is 12.1 Å². The van der Waals surface area contributed by atoms with Crippen LogP contribution in [0.5, 0.6) is 0 Å². The fraction of sp³-hybridized carbons (Fsp3) is 0.588. The molecule has 0 aliphatic carbocycles. The predicted octanol–water partition coefficient (Wildman–Crippen LogP) is 1.79. The summed E-state index contributed by atoms with van der Waals surface area (Å²) in [5.41, 5.74) is -1.54. The summed E-state index contributed by atoms with van der Waals surface area (Å²) in [5.74, 6) is -0.337. The van der Waals surface area contributed by atoms with Crippen LogP contribution in [0.4, 0.5) is 13.2 Å². The Morgan fingerprint density at radius 3 is 2.60 bits per heavy atom. The molecule has 1 heterocycles. The molecule has 1 fully saturated rings. The largest absolute Gasteiger partial charge is 0.416 e. The van der Waals surface area contributed by atoms with Gasteiger partial charge in [0.15, 0.2) is 5.60 Å². The number of hydrogen-bond donors (Lipinski definition) is 2. The minimum absolute atomic E-state index is 0.0519. The highest BCUT2D eigenvalue weighted by Crippen LogP contribution is 2.29. The fourth-order valence-electron chi connectivity index (χ4n) is 2.87. The van der Waals surface area contributed by atoms with Gasteiger partial charge in [0.2, 0.25) is 0 Å². The average Bonchev–Trinajstić information content (AvgIpc) is 2.56. The number of nitrogens with one attached hydrogen (secondary N) is 1. The van der Waals surface area contributed by atoms with Gasteiger partial charge in [-0.3, -0.25) is 4.79 Å². The molecule has 5 nitrogen and oxygen atoms in total. The molecule has 0 aromatic heterocycles. The van der Waals surface area contributed by atoms with Crippen LogP contribution in [0.3, 0.4) is 0 Å². The van der Waals surface area contributed by atoms with Crippen LogP contribution in [-0.4, -0.2) is 54.9 Å². The first kappa shape index (κ1) is 19.7. The third-order valence-corrected chi connectivity index (χ3v) is 4.30. The van der Waals surface area contributed by atoms with Gasteiger partial charge in [0.1, 0.15) is 0 Å². The number of carbonyl (C=O) groups excluding carboxylic acids is 1. The first-order valence-electron chi connectivity index (χ1n) is 8.14. The molecule has 8 heteroatoms. The Labute approximate surface area is 144 Å². The summed E-state index contributed by atoms with van der Waals surface area (Å²) in [4.78, 5) is 14.0. The molecule has 1 aliphatic heterocycles. The SMILES string of the molecule is COCCN1CCCC(O)(CNCc2ccc(C(F)(F)F)cc2)C1=O. The molecule has 0 saturated carbocycles. The van der Waals surface area contributed by atoms with E-state index in [0.29, 0.717) is 38.1 Å². The summed E-state index contributed by atoms with van der Waals surface area (Å²) >= 11 is 0. The summed E-state index contributed by atoms with van der Waals surface area (Å²) in [7, 11) is 1.55. The van der Waals surface area contributed by atoms with Crippen molar-refractivity contribution in [2.75, 3.05) is 33.4 Å². The van der Waals surface area contributed by atoms with Gasteiger partial charge >= 0.3 is 6.18 Å². The maximum absolute atomic E-state index is 12.5. The quantitative estimate of drug-likeness (QED) is 0.778. The van der Waals surface area contributed by atoms with Gasteiger partial charge in [0.25, 0.3) is 5.91 Å². The zero-order valence-corrected chi connectivity index (χ0v) is 14.1. The highest BCUT2D eigenvalue weighted by Gasteiger charge is 2.41. The lowest BCUT2D eigenvalue weighted by molar-refractivity contribution is -0.157. The van der Waals surface area contributed by atoms with Gasteiger partial charge in [-0.25, -0.2) is 0 Å². The zero-order valence-electron chi connectivity index (χ0n) is 14.1. The smallest absolute Gasteiger partial charge is 0.383 e. The summed E-state index contributed by atoms with van der Waals surface area (Å²) in [6.07, 6.45) is -3.31. The zero-order chi connectivity index (χ0) is 18.5. The molecule has 25 heavy (non-hydrogen) atoms. The molecule has 1 atom stereocenters. The number of amides is 1. The van der Waals surface area contributed by atoms with E-state index in [2.05, 4.69) is 5.32 Å². The van der Waals surface area contributed by atoms with E-state index in [4.69, 9.17) is 4.74 Å². The van der Waals surface area contributed by atoms with Crippen LogP contribution in [0, 0.1) is 0 Å². The fourth-order valence-corrected chi connectivity index (χ4v) is 2.87. The van der Waals surface area contributed by atoms with Crippen molar-refractivity contribution in [2.24, 2.45) is 0 Å². The van der Waals surface area contributed by atoms with Crippen LogP contribution in [0.1, 0.15) is 24.0 Å². The maximum atomic E-state index is 12.5. The van der Waals surface area contributed by atoms with Crippen LogP contribution < -0.4 is 5.32 Å². The van der Waals surface area contributed by atoms with Crippen LogP contribution in [-0.2, 0) is 22.3 Å². The standard InChI is InChI=1S/C17H23F3N2O3/c1-25-10-9-22-8-2-7-16(24,15(22)23)12-21-11-13-3-5-14(6-4-13)17(18,19)20/h3-6,21,24H,2,7-12H2,1H3. The van der Waals surface area contributed by atoms with E-state index in [1.807, 2.05) is 0 Å². The van der Waals surface area contributed by atoms with Crippen LogP contribution in [0.15, 0.2) is 24.3 Å². The third-order valence-electron chi connectivity index (χ3n) is 4.30. The Bertz CT molecular complexity index is 577. The number of likely N-dealkylation sites (tertiary alicyclic amines) is 1. The molecule has 2 N–H and O–H groups in total. The number of aliphatic hydroxyl groups is 1. The number of methoxy groups -OCH3 is 1. The maximum Gasteiger partial charge on any atom is 0.416 e. The van der Waals surface area contributed by atoms with Crippen LogP contribution in [0.2, 0.25) is 0 Å². The van der Waals surface area contributed by atoms with Gasteiger partial charge in [-0.05, 0) is 30.5 Å². The van der Waals surface area contributed by atoms with Crippen molar-refractivity contribution < 1.29 is 27.8 Å². The number of ether oxygens (including phenoxy) is 1. The molecule has 0 spiro atoms. The van der Waals surface area contributed by atoms with E-state index in [0.717, 1.165) is 12.1 Å². The Balaban J connectivity index is 1.88. The number of alkyl halides is 3. The van der Waals surface area contributed by atoms with E-state index < -0.39 is 17.3 Å². The number of nitrogens with zero attached hydrogens (tertiary/aromatic N) is 1. The van der Waals surface area contributed by atoms with Crippen molar-refractivity contribution in [3.8, 4) is 0 Å². The molecular formula is C17H23F3N2O3. The van der Waals surface area contributed by atoms with Gasteiger partial charge in [0, 0.05) is 33.3 Å². The number of carbonyl (C=O) groups is 1. The predicted molar refractivity (Wildman–Crippen MR) is 85.8 cm³/mol. The molecule has 1 saturated heterocycles. The number of halogens is 3. The number of hydrogen-bond acceptors (Lipinski definition) is 4. The molecular weight excluding hydrogens is 337 g/mol. The molecule has 1 amide bonds. The number of rotatable bonds is 7. The monoisotopic (exact) mass is 360 g/mol. The van der Waals surface area contributed by atoms with Gasteiger partial charge in [-0.15, -0.1) is 0 Å². The van der Waals surface area contributed by atoms with Crippen molar-refractivity contribution in [1.29, 1.82) is 0 Å². The lowest BCUT2D eigenvalue weighted by Gasteiger charge is -2.38. The van der Waals surface area contributed by atoms with E-state index in [1.54, 1.807) is 12.0 Å². The Morgan fingerprint density at radius 1 is 1.32 bits per heavy atom. The Hall–Kier alpha value is -1.64. The van der Waals surface area contributed by atoms with Crippen molar-refractivity contribution in [3.05, 3.63) is 35.4 Å². The first-order chi connectivity index (χ1) is 11.8. The summed E-state index contributed by atoms with van der Waals surface area (Å²) in [6.45, 7) is 1.74. The highest BCUT2D eigenvalue weighted by molar-refractivity contribution is 5.86. The van der Waals surface area contributed by atoms with Crippen molar-refractivity contribution in [3.63, 3.8) is 0 Å². The van der Waals surface area contributed by atoms with Crippen molar-refractivity contribution in [2.45, 2.75) is 31.2 Å². The molecule has 1 aromatic carbocycles. The third kappa shape index (κ3) is 5.17. The minimum Gasteiger partial charge on any atom is -0.383 e. The minimum atomic E-state index is -4.36. The first-order valence-corrected chi connectivity index (χ1v) is 8.14. The van der Waals surface area contributed by atoms with Gasteiger partial charge < -0.3 is 20.1 Å². The second-order valence-corrected chi connectivity index (χ2v) is 6.22. The van der Waals surface area contributed by atoms with Crippen molar-refractivity contribution >= 4 is 5.91 Å². The summed E-state index contributed by atoms with van der Waals surface area (Å²) < 4.78 is 42.6.